The Labute approximate surface area is 120 Å². The highest BCUT2D eigenvalue weighted by Crippen LogP contribution is 2.46. The van der Waals surface area contributed by atoms with Crippen LogP contribution in [0.1, 0.15) is 25.7 Å². The van der Waals surface area contributed by atoms with E-state index in [9.17, 15) is 14.3 Å². The van der Waals surface area contributed by atoms with Crippen molar-refractivity contribution in [2.75, 3.05) is 5.32 Å². The van der Waals surface area contributed by atoms with E-state index >= 15 is 0 Å². The molecule has 3 aliphatic carbocycles. The zero-order valence-corrected chi connectivity index (χ0v) is 11.5. The topological polar surface area (TPSA) is 75.1 Å². The first-order valence-corrected chi connectivity index (χ1v) is 7.11. The van der Waals surface area contributed by atoms with Crippen LogP contribution in [-0.2, 0) is 4.79 Å². The van der Waals surface area contributed by atoms with Crippen LogP contribution in [0.15, 0.2) is 6.20 Å². The second kappa shape index (κ2) is 5.16. The first-order chi connectivity index (χ1) is 9.56. The van der Waals surface area contributed by atoms with Crippen molar-refractivity contribution in [3.8, 4) is 0 Å². The molecule has 7 heteroatoms. The lowest BCUT2D eigenvalue weighted by Crippen LogP contribution is -2.51. The van der Waals surface area contributed by atoms with Crippen molar-refractivity contribution >= 4 is 23.4 Å². The second-order valence-corrected chi connectivity index (χ2v) is 5.88. The summed E-state index contributed by atoms with van der Waals surface area (Å²) >= 11 is 5.67. The zero-order chi connectivity index (χ0) is 14.3. The van der Waals surface area contributed by atoms with Crippen molar-refractivity contribution in [3.05, 3.63) is 17.3 Å². The number of rotatable bonds is 3. The molecule has 0 unspecified atom stereocenters. The van der Waals surface area contributed by atoms with Crippen molar-refractivity contribution < 1.29 is 14.3 Å². The van der Waals surface area contributed by atoms with Gasteiger partial charge in [-0.3, -0.25) is 4.79 Å². The Morgan fingerprint density at radius 2 is 2.00 bits per heavy atom. The van der Waals surface area contributed by atoms with Crippen molar-refractivity contribution in [3.63, 3.8) is 0 Å². The Hall–Kier alpha value is -1.43. The standard InChI is InChI=1S/C13H15ClFN3O2/c14-13-16-5-8(15)11(18-13)17-10-7-3-1-6(2-4-7)9(10)12(19)20/h5-7,9-10H,1-4H2,(H,19,20)(H,16,17,18)/t6?,7?,9-,10-/m0/s1. The third-order valence-corrected chi connectivity index (χ3v) is 4.70. The molecule has 108 valence electrons. The number of anilines is 1. The lowest BCUT2D eigenvalue weighted by atomic mass is 9.61. The number of nitrogens with one attached hydrogen (secondary N) is 1. The third-order valence-electron chi connectivity index (χ3n) is 4.52. The van der Waals surface area contributed by atoms with Crippen LogP contribution in [0.4, 0.5) is 10.2 Å². The van der Waals surface area contributed by atoms with Gasteiger partial charge in [0, 0.05) is 6.04 Å². The summed E-state index contributed by atoms with van der Waals surface area (Å²) in [5, 5.41) is 12.3. The highest BCUT2D eigenvalue weighted by molar-refractivity contribution is 6.28. The number of carboxylic acids is 1. The Bertz CT molecular complexity index is 534. The smallest absolute Gasteiger partial charge is 0.308 e. The largest absolute Gasteiger partial charge is 0.481 e. The van der Waals surface area contributed by atoms with Gasteiger partial charge in [-0.15, -0.1) is 0 Å². The van der Waals surface area contributed by atoms with E-state index in [1.54, 1.807) is 0 Å². The monoisotopic (exact) mass is 299 g/mol. The fourth-order valence-electron chi connectivity index (χ4n) is 3.62. The number of fused-ring (bicyclic) bond motifs is 3. The first-order valence-electron chi connectivity index (χ1n) is 6.73. The molecule has 0 aromatic carbocycles. The molecule has 1 aromatic rings. The SMILES string of the molecule is O=C(O)[C@H]1C2CCC(CC2)[C@@H]1Nc1nc(Cl)ncc1F. The fraction of sp³-hybridized carbons (Fsp3) is 0.615. The molecule has 2 bridgehead atoms. The summed E-state index contributed by atoms with van der Waals surface area (Å²) < 4.78 is 13.7. The molecule has 1 aromatic heterocycles. The van der Waals surface area contributed by atoms with Gasteiger partial charge in [0.15, 0.2) is 11.6 Å². The van der Waals surface area contributed by atoms with Crippen molar-refractivity contribution in [2.24, 2.45) is 17.8 Å². The maximum Gasteiger partial charge on any atom is 0.308 e. The van der Waals surface area contributed by atoms with Crippen molar-refractivity contribution in [1.82, 2.24) is 9.97 Å². The molecule has 20 heavy (non-hydrogen) atoms. The van der Waals surface area contributed by atoms with Crippen LogP contribution in [-0.4, -0.2) is 27.1 Å². The molecule has 4 rings (SSSR count). The number of carbonyl (C=O) groups is 1. The van der Waals surface area contributed by atoms with Gasteiger partial charge in [-0.25, -0.2) is 9.37 Å². The third kappa shape index (κ3) is 2.32. The Morgan fingerprint density at radius 1 is 1.35 bits per heavy atom. The van der Waals surface area contributed by atoms with Gasteiger partial charge < -0.3 is 10.4 Å². The molecule has 1 heterocycles. The molecule has 5 nitrogen and oxygen atoms in total. The van der Waals surface area contributed by atoms with Gasteiger partial charge >= 0.3 is 5.97 Å². The van der Waals surface area contributed by atoms with E-state index < -0.39 is 17.7 Å². The minimum absolute atomic E-state index is 0.00574. The summed E-state index contributed by atoms with van der Waals surface area (Å²) in [6.45, 7) is 0. The molecule has 0 saturated heterocycles. The molecule has 2 N–H and O–H groups in total. The predicted octanol–water partition coefficient (Wildman–Crippen LogP) is 2.57. The summed E-state index contributed by atoms with van der Waals surface area (Å²) in [5.74, 6) is -1.52. The fourth-order valence-corrected chi connectivity index (χ4v) is 3.75. The van der Waals surface area contributed by atoms with Gasteiger partial charge in [-0.05, 0) is 49.1 Å². The average molecular weight is 300 g/mol. The van der Waals surface area contributed by atoms with Crippen LogP contribution < -0.4 is 5.32 Å². The van der Waals surface area contributed by atoms with Crippen molar-refractivity contribution in [1.29, 1.82) is 0 Å². The Balaban J connectivity index is 1.87. The number of halogens is 2. The summed E-state index contributed by atoms with van der Waals surface area (Å²) in [7, 11) is 0. The number of carboxylic acid groups (broad SMARTS) is 1. The van der Waals surface area contributed by atoms with Crippen LogP contribution >= 0.6 is 11.6 Å². The van der Waals surface area contributed by atoms with E-state index in [2.05, 4.69) is 15.3 Å². The molecular formula is C13H15ClFN3O2. The number of aliphatic carboxylic acids is 1. The Kier molecular flexibility index (Phi) is 3.50. The summed E-state index contributed by atoms with van der Waals surface area (Å²) in [5.41, 5.74) is 0. The average Bonchev–Trinajstić information content (AvgIpc) is 2.43. The van der Waals surface area contributed by atoms with Gasteiger partial charge in [0.2, 0.25) is 5.28 Å². The minimum Gasteiger partial charge on any atom is -0.481 e. The van der Waals surface area contributed by atoms with Crippen LogP contribution in [0, 0.1) is 23.6 Å². The number of aromatic nitrogens is 2. The molecule has 3 fully saturated rings. The number of nitrogens with zero attached hydrogens (tertiary/aromatic N) is 2. The van der Waals surface area contributed by atoms with Gasteiger partial charge in [0.25, 0.3) is 0 Å². The van der Waals surface area contributed by atoms with E-state index in [1.165, 1.54) is 0 Å². The van der Waals surface area contributed by atoms with Crippen LogP contribution in [0.3, 0.4) is 0 Å². The number of hydrogen-bond acceptors (Lipinski definition) is 4. The highest BCUT2D eigenvalue weighted by Gasteiger charge is 2.47. The Morgan fingerprint density at radius 3 is 2.65 bits per heavy atom. The zero-order valence-electron chi connectivity index (χ0n) is 10.7. The van der Waals surface area contributed by atoms with Crippen molar-refractivity contribution in [2.45, 2.75) is 31.7 Å². The highest BCUT2D eigenvalue weighted by atomic mass is 35.5. The molecule has 0 spiro atoms. The van der Waals surface area contributed by atoms with E-state index in [0.717, 1.165) is 31.9 Å². The van der Waals surface area contributed by atoms with E-state index in [0.29, 0.717) is 0 Å². The molecule has 3 aliphatic rings. The van der Waals surface area contributed by atoms with E-state index in [1.807, 2.05) is 0 Å². The lowest BCUT2D eigenvalue weighted by molar-refractivity contribution is -0.148. The normalized spacial score (nSPS) is 32.1. The molecule has 0 amide bonds. The maximum atomic E-state index is 13.7. The molecular weight excluding hydrogens is 285 g/mol. The summed E-state index contributed by atoms with van der Waals surface area (Å²) in [6.07, 6.45) is 4.83. The molecule has 3 saturated carbocycles. The quantitative estimate of drug-likeness (QED) is 0.839. The lowest BCUT2D eigenvalue weighted by Gasteiger charge is -2.47. The summed E-state index contributed by atoms with van der Waals surface area (Å²) in [4.78, 5) is 18.9. The van der Waals surface area contributed by atoms with Gasteiger partial charge in [0.1, 0.15) is 0 Å². The second-order valence-electron chi connectivity index (χ2n) is 5.54. The van der Waals surface area contributed by atoms with Gasteiger partial charge in [0.05, 0.1) is 12.1 Å². The molecule has 2 atom stereocenters. The number of hydrogen-bond donors (Lipinski definition) is 2. The maximum absolute atomic E-state index is 13.7. The van der Waals surface area contributed by atoms with E-state index in [4.69, 9.17) is 11.6 Å². The minimum atomic E-state index is -0.822. The first kappa shape index (κ1) is 13.5. The predicted molar refractivity (Wildman–Crippen MR) is 71.0 cm³/mol. The van der Waals surface area contributed by atoms with Crippen LogP contribution in [0.2, 0.25) is 5.28 Å². The molecule has 0 aliphatic heterocycles. The van der Waals surface area contributed by atoms with Gasteiger partial charge in [-0.1, -0.05) is 0 Å². The molecule has 0 radical (unpaired) electrons. The van der Waals surface area contributed by atoms with Crippen LogP contribution in [0.25, 0.3) is 0 Å². The summed E-state index contributed by atoms with van der Waals surface area (Å²) in [6, 6.07) is -0.291. The van der Waals surface area contributed by atoms with Gasteiger partial charge in [-0.2, -0.15) is 4.98 Å². The van der Waals surface area contributed by atoms with Crippen LogP contribution in [0.5, 0.6) is 0 Å². The van der Waals surface area contributed by atoms with E-state index in [-0.39, 0.29) is 29.0 Å².